The van der Waals surface area contributed by atoms with Gasteiger partial charge in [-0.2, -0.15) is 5.10 Å². The maximum absolute atomic E-state index is 13.6. The van der Waals surface area contributed by atoms with Crippen LogP contribution in [-0.2, 0) is 16.6 Å². The van der Waals surface area contributed by atoms with Gasteiger partial charge in [-0.25, -0.2) is 12.8 Å². The van der Waals surface area contributed by atoms with Crippen molar-refractivity contribution in [3.8, 4) is 0 Å². The maximum Gasteiger partial charge on any atom is 0.265 e. The summed E-state index contributed by atoms with van der Waals surface area (Å²) >= 11 is 5.62. The number of hydrogen-bond acceptors (Lipinski definition) is 4. The molecule has 0 saturated heterocycles. The van der Waals surface area contributed by atoms with E-state index in [1.165, 1.54) is 29.2 Å². The smallest absolute Gasteiger partial charge is 0.265 e. The number of aromatic nitrogens is 2. The molecule has 1 heterocycles. The number of aryl methyl sites for hydroxylation is 1. The number of benzene rings is 1. The van der Waals surface area contributed by atoms with Crippen molar-refractivity contribution in [2.45, 2.75) is 17.9 Å². The molecule has 0 aliphatic rings. The molecule has 9 heteroatoms. The van der Waals surface area contributed by atoms with E-state index in [0.29, 0.717) is 19.5 Å². The van der Waals surface area contributed by atoms with Gasteiger partial charge in [0.1, 0.15) is 10.7 Å². The summed E-state index contributed by atoms with van der Waals surface area (Å²) in [5.74, 6) is -0.749. The van der Waals surface area contributed by atoms with Crippen LogP contribution in [0.15, 0.2) is 35.5 Å². The monoisotopic (exact) mass is 332 g/mol. The van der Waals surface area contributed by atoms with Crippen LogP contribution in [0.5, 0.6) is 0 Å². The topological polar surface area (TPSA) is 90.0 Å². The average molecular weight is 333 g/mol. The molecule has 0 amide bonds. The van der Waals surface area contributed by atoms with Crippen LogP contribution in [0.4, 0.5) is 10.1 Å². The first-order chi connectivity index (χ1) is 9.92. The van der Waals surface area contributed by atoms with E-state index in [0.717, 1.165) is 6.07 Å². The fourth-order valence-corrected chi connectivity index (χ4v) is 2.81. The number of halogens is 2. The first kappa shape index (κ1) is 15.7. The van der Waals surface area contributed by atoms with Gasteiger partial charge in [0.15, 0.2) is 0 Å². The highest BCUT2D eigenvalue weighted by molar-refractivity contribution is 7.92. The van der Waals surface area contributed by atoms with Crippen molar-refractivity contribution in [1.29, 1.82) is 0 Å². The van der Waals surface area contributed by atoms with E-state index in [4.69, 9.17) is 17.3 Å². The van der Waals surface area contributed by atoms with Crippen molar-refractivity contribution in [2.24, 2.45) is 5.73 Å². The Morgan fingerprint density at radius 3 is 2.86 bits per heavy atom. The van der Waals surface area contributed by atoms with Crippen LogP contribution in [0.3, 0.4) is 0 Å². The van der Waals surface area contributed by atoms with E-state index in [1.54, 1.807) is 0 Å². The Bertz CT molecular complexity index is 733. The third-order valence-electron chi connectivity index (χ3n) is 2.69. The SMILES string of the molecule is NCCCn1cc(S(=O)(=O)Nc2ccc(Cl)cc2F)cn1. The number of nitrogens with one attached hydrogen (secondary N) is 1. The lowest BCUT2D eigenvalue weighted by Gasteiger charge is -2.07. The van der Waals surface area contributed by atoms with Crippen LogP contribution in [-0.4, -0.2) is 24.7 Å². The molecule has 0 spiro atoms. The standard InChI is InChI=1S/C12H14ClFN4O2S/c13-9-2-3-12(11(14)6-9)17-21(19,20)10-7-16-18(8-10)5-1-4-15/h2-3,6-8,17H,1,4-5,15H2. The molecule has 0 aliphatic carbocycles. The molecule has 0 saturated carbocycles. The van der Waals surface area contributed by atoms with Crippen molar-refractivity contribution in [3.63, 3.8) is 0 Å². The fraction of sp³-hybridized carbons (Fsp3) is 0.250. The van der Waals surface area contributed by atoms with Gasteiger partial charge in [-0.05, 0) is 31.2 Å². The molecule has 0 atom stereocenters. The summed E-state index contributed by atoms with van der Waals surface area (Å²) in [6, 6.07) is 3.69. The molecule has 2 aromatic rings. The van der Waals surface area contributed by atoms with Gasteiger partial charge in [0, 0.05) is 17.8 Å². The van der Waals surface area contributed by atoms with Crippen molar-refractivity contribution in [2.75, 3.05) is 11.3 Å². The number of nitrogens with zero attached hydrogens (tertiary/aromatic N) is 2. The lowest BCUT2D eigenvalue weighted by Crippen LogP contribution is -2.13. The minimum atomic E-state index is -3.90. The third kappa shape index (κ3) is 3.93. The van der Waals surface area contributed by atoms with E-state index in [9.17, 15) is 12.8 Å². The van der Waals surface area contributed by atoms with Crippen molar-refractivity contribution in [3.05, 3.63) is 41.4 Å². The van der Waals surface area contributed by atoms with Crippen LogP contribution < -0.4 is 10.5 Å². The third-order valence-corrected chi connectivity index (χ3v) is 4.24. The van der Waals surface area contributed by atoms with E-state index in [1.807, 2.05) is 0 Å². The van der Waals surface area contributed by atoms with Gasteiger partial charge in [-0.1, -0.05) is 11.6 Å². The molecule has 1 aromatic heterocycles. The normalized spacial score (nSPS) is 11.6. The summed E-state index contributed by atoms with van der Waals surface area (Å²) in [7, 11) is -3.90. The first-order valence-corrected chi connectivity index (χ1v) is 7.99. The predicted molar refractivity (Wildman–Crippen MR) is 78.1 cm³/mol. The highest BCUT2D eigenvalue weighted by Gasteiger charge is 2.18. The molecule has 114 valence electrons. The largest absolute Gasteiger partial charge is 0.330 e. The molecule has 0 radical (unpaired) electrons. The summed E-state index contributed by atoms with van der Waals surface area (Å²) < 4.78 is 41.5. The molecule has 6 nitrogen and oxygen atoms in total. The van der Waals surface area contributed by atoms with Crippen LogP contribution in [0.2, 0.25) is 5.02 Å². The molecule has 0 aliphatic heterocycles. The van der Waals surface area contributed by atoms with Gasteiger partial charge in [-0.15, -0.1) is 0 Å². The number of nitrogens with two attached hydrogens (primary N) is 1. The van der Waals surface area contributed by atoms with E-state index < -0.39 is 15.8 Å². The van der Waals surface area contributed by atoms with Crippen LogP contribution in [0.1, 0.15) is 6.42 Å². The Hall–Kier alpha value is -1.64. The summed E-state index contributed by atoms with van der Waals surface area (Å²) in [5.41, 5.74) is 5.20. The Labute approximate surface area is 126 Å². The second-order valence-corrected chi connectivity index (χ2v) is 6.43. The molecular weight excluding hydrogens is 319 g/mol. The highest BCUT2D eigenvalue weighted by atomic mass is 35.5. The van der Waals surface area contributed by atoms with Gasteiger partial charge in [0.2, 0.25) is 0 Å². The van der Waals surface area contributed by atoms with Gasteiger partial charge in [0.25, 0.3) is 10.0 Å². The Kier molecular flexibility index (Phi) is 4.81. The number of hydrogen-bond donors (Lipinski definition) is 2. The second-order valence-electron chi connectivity index (χ2n) is 4.31. The number of sulfonamides is 1. The van der Waals surface area contributed by atoms with Crippen molar-refractivity contribution >= 4 is 27.3 Å². The molecular formula is C12H14ClFN4O2S. The molecule has 0 bridgehead atoms. The zero-order valence-corrected chi connectivity index (χ0v) is 12.5. The van der Waals surface area contributed by atoms with Gasteiger partial charge in [-0.3, -0.25) is 9.40 Å². The number of rotatable bonds is 6. The van der Waals surface area contributed by atoms with Gasteiger partial charge in [0.05, 0.1) is 11.9 Å². The lowest BCUT2D eigenvalue weighted by molar-refractivity contribution is 0.582. The molecule has 3 N–H and O–H groups in total. The maximum atomic E-state index is 13.6. The zero-order valence-electron chi connectivity index (χ0n) is 11.0. The molecule has 0 fully saturated rings. The molecule has 1 aromatic carbocycles. The van der Waals surface area contributed by atoms with Crippen molar-refractivity contribution in [1.82, 2.24) is 9.78 Å². The summed E-state index contributed by atoms with van der Waals surface area (Å²) in [6.45, 7) is 0.998. The Morgan fingerprint density at radius 1 is 1.43 bits per heavy atom. The van der Waals surface area contributed by atoms with E-state index >= 15 is 0 Å². The predicted octanol–water partition coefficient (Wildman–Crippen LogP) is 1.83. The minimum absolute atomic E-state index is 0.0473. The summed E-state index contributed by atoms with van der Waals surface area (Å²) in [6.07, 6.45) is 3.25. The van der Waals surface area contributed by atoms with Crippen LogP contribution in [0, 0.1) is 5.82 Å². The Balaban J connectivity index is 2.19. The van der Waals surface area contributed by atoms with Gasteiger partial charge < -0.3 is 5.73 Å². The second kappa shape index (κ2) is 6.42. The lowest BCUT2D eigenvalue weighted by atomic mass is 10.3. The highest BCUT2D eigenvalue weighted by Crippen LogP contribution is 2.22. The molecule has 0 unspecified atom stereocenters. The molecule has 2 rings (SSSR count). The summed E-state index contributed by atoms with van der Waals surface area (Å²) in [4.78, 5) is -0.0473. The van der Waals surface area contributed by atoms with E-state index in [-0.39, 0.29) is 15.6 Å². The average Bonchev–Trinajstić information content (AvgIpc) is 2.89. The summed E-state index contributed by atoms with van der Waals surface area (Å²) in [5, 5.41) is 4.11. The first-order valence-electron chi connectivity index (χ1n) is 6.13. The van der Waals surface area contributed by atoms with Gasteiger partial charge >= 0.3 is 0 Å². The van der Waals surface area contributed by atoms with Crippen LogP contribution >= 0.6 is 11.6 Å². The van der Waals surface area contributed by atoms with Crippen LogP contribution in [0.25, 0.3) is 0 Å². The molecule has 21 heavy (non-hydrogen) atoms. The Morgan fingerprint density at radius 2 is 2.19 bits per heavy atom. The number of anilines is 1. The van der Waals surface area contributed by atoms with Crippen molar-refractivity contribution < 1.29 is 12.8 Å². The van der Waals surface area contributed by atoms with E-state index in [2.05, 4.69) is 9.82 Å². The quantitative estimate of drug-likeness (QED) is 0.844. The zero-order chi connectivity index (χ0) is 15.5. The fourth-order valence-electron chi connectivity index (χ4n) is 1.63. The minimum Gasteiger partial charge on any atom is -0.330 e.